The van der Waals surface area contributed by atoms with Crippen molar-refractivity contribution in [3.05, 3.63) is 29.8 Å². The van der Waals surface area contributed by atoms with Gasteiger partial charge in [-0.3, -0.25) is 4.98 Å². The minimum atomic E-state index is -0.323. The van der Waals surface area contributed by atoms with Crippen molar-refractivity contribution < 1.29 is 9.50 Å². The standard InChI is InChI=1S/C10H12FNO/c11-8-2-3-9(12-6-8)10(7-13)4-1-5-10/h2-3,6,13H,1,4-5,7H2. The van der Waals surface area contributed by atoms with Crippen molar-refractivity contribution in [2.24, 2.45) is 0 Å². The fraction of sp³-hybridized carbons (Fsp3) is 0.500. The Morgan fingerprint density at radius 2 is 2.23 bits per heavy atom. The number of aliphatic hydroxyl groups excluding tert-OH is 1. The minimum Gasteiger partial charge on any atom is -0.395 e. The monoisotopic (exact) mass is 181 g/mol. The molecule has 70 valence electrons. The second kappa shape index (κ2) is 3.07. The van der Waals surface area contributed by atoms with Crippen LogP contribution in [0.5, 0.6) is 0 Å². The maximum Gasteiger partial charge on any atom is 0.141 e. The SMILES string of the molecule is OCC1(c2ccc(F)cn2)CCC1. The van der Waals surface area contributed by atoms with Gasteiger partial charge in [-0.1, -0.05) is 6.42 Å². The van der Waals surface area contributed by atoms with Crippen LogP contribution in [0.4, 0.5) is 4.39 Å². The van der Waals surface area contributed by atoms with Crippen LogP contribution in [0, 0.1) is 5.82 Å². The quantitative estimate of drug-likeness (QED) is 0.752. The molecule has 13 heavy (non-hydrogen) atoms. The average molecular weight is 181 g/mol. The highest BCUT2D eigenvalue weighted by atomic mass is 19.1. The molecule has 1 heterocycles. The third-order valence-electron chi connectivity index (χ3n) is 2.88. The van der Waals surface area contributed by atoms with Crippen LogP contribution in [0.1, 0.15) is 25.0 Å². The molecule has 1 aromatic heterocycles. The predicted molar refractivity (Wildman–Crippen MR) is 46.8 cm³/mol. The van der Waals surface area contributed by atoms with Crippen LogP contribution in [0.2, 0.25) is 0 Å². The zero-order valence-corrected chi connectivity index (χ0v) is 7.33. The van der Waals surface area contributed by atoms with E-state index in [2.05, 4.69) is 4.98 Å². The van der Waals surface area contributed by atoms with Gasteiger partial charge in [-0.05, 0) is 25.0 Å². The molecule has 2 rings (SSSR count). The van der Waals surface area contributed by atoms with Crippen molar-refractivity contribution in [3.63, 3.8) is 0 Å². The first-order chi connectivity index (χ1) is 6.27. The summed E-state index contributed by atoms with van der Waals surface area (Å²) in [5.41, 5.74) is 0.649. The molecule has 0 atom stereocenters. The number of nitrogens with zero attached hydrogens (tertiary/aromatic N) is 1. The molecule has 0 unspecified atom stereocenters. The van der Waals surface area contributed by atoms with E-state index in [9.17, 15) is 9.50 Å². The Morgan fingerprint density at radius 3 is 2.62 bits per heavy atom. The van der Waals surface area contributed by atoms with Gasteiger partial charge in [0.1, 0.15) is 5.82 Å². The summed E-state index contributed by atoms with van der Waals surface area (Å²) in [7, 11) is 0. The van der Waals surface area contributed by atoms with E-state index in [1.165, 1.54) is 12.3 Å². The lowest BCUT2D eigenvalue weighted by Crippen LogP contribution is -2.38. The van der Waals surface area contributed by atoms with Crippen LogP contribution in [0.3, 0.4) is 0 Å². The second-order valence-corrected chi connectivity index (χ2v) is 3.65. The first-order valence-electron chi connectivity index (χ1n) is 4.50. The zero-order chi connectivity index (χ0) is 9.31. The number of hydrogen-bond donors (Lipinski definition) is 1. The number of halogens is 1. The summed E-state index contributed by atoms with van der Waals surface area (Å²) in [6.07, 6.45) is 4.26. The second-order valence-electron chi connectivity index (χ2n) is 3.65. The molecular formula is C10H12FNO. The van der Waals surface area contributed by atoms with Gasteiger partial charge in [0.25, 0.3) is 0 Å². The molecular weight excluding hydrogens is 169 g/mol. The molecule has 1 fully saturated rings. The van der Waals surface area contributed by atoms with Gasteiger partial charge >= 0.3 is 0 Å². The van der Waals surface area contributed by atoms with Crippen LogP contribution in [-0.4, -0.2) is 16.7 Å². The van der Waals surface area contributed by atoms with Gasteiger partial charge in [0.15, 0.2) is 0 Å². The van der Waals surface area contributed by atoms with Crippen LogP contribution >= 0.6 is 0 Å². The van der Waals surface area contributed by atoms with Gasteiger partial charge in [0, 0.05) is 11.1 Å². The maximum atomic E-state index is 12.6. The Balaban J connectivity index is 2.28. The molecule has 1 aromatic rings. The van der Waals surface area contributed by atoms with E-state index in [1.54, 1.807) is 6.07 Å². The largest absolute Gasteiger partial charge is 0.395 e. The highest BCUT2D eigenvalue weighted by molar-refractivity contribution is 5.20. The average Bonchev–Trinajstić information content (AvgIpc) is 2.07. The first-order valence-corrected chi connectivity index (χ1v) is 4.50. The lowest BCUT2D eigenvalue weighted by Gasteiger charge is -2.39. The van der Waals surface area contributed by atoms with Crippen molar-refractivity contribution in [1.82, 2.24) is 4.98 Å². The Morgan fingerprint density at radius 1 is 1.46 bits per heavy atom. The van der Waals surface area contributed by atoms with E-state index in [1.807, 2.05) is 0 Å². The van der Waals surface area contributed by atoms with E-state index < -0.39 is 0 Å². The van der Waals surface area contributed by atoms with Crippen molar-refractivity contribution in [2.45, 2.75) is 24.7 Å². The Labute approximate surface area is 76.4 Å². The van der Waals surface area contributed by atoms with Gasteiger partial charge in [-0.25, -0.2) is 4.39 Å². The highest BCUT2D eigenvalue weighted by Crippen LogP contribution is 2.42. The van der Waals surface area contributed by atoms with Crippen LogP contribution in [0.15, 0.2) is 18.3 Å². The summed E-state index contributed by atoms with van der Waals surface area (Å²) >= 11 is 0. The van der Waals surface area contributed by atoms with Crippen molar-refractivity contribution in [2.75, 3.05) is 6.61 Å². The van der Waals surface area contributed by atoms with E-state index in [4.69, 9.17) is 0 Å². The van der Waals surface area contributed by atoms with Gasteiger partial charge in [0.2, 0.25) is 0 Å². The molecule has 0 bridgehead atoms. The topological polar surface area (TPSA) is 33.1 Å². The van der Waals surface area contributed by atoms with Crippen molar-refractivity contribution in [3.8, 4) is 0 Å². The van der Waals surface area contributed by atoms with E-state index in [-0.39, 0.29) is 17.8 Å². The molecule has 1 aliphatic carbocycles. The lowest BCUT2D eigenvalue weighted by molar-refractivity contribution is 0.116. The number of aromatic nitrogens is 1. The van der Waals surface area contributed by atoms with Gasteiger partial charge < -0.3 is 5.11 Å². The van der Waals surface area contributed by atoms with Crippen molar-refractivity contribution in [1.29, 1.82) is 0 Å². The summed E-state index contributed by atoms with van der Waals surface area (Å²) in [4.78, 5) is 4.01. The predicted octanol–water partition coefficient (Wildman–Crippen LogP) is 1.63. The number of hydrogen-bond acceptors (Lipinski definition) is 2. The molecule has 3 heteroatoms. The zero-order valence-electron chi connectivity index (χ0n) is 7.33. The molecule has 1 N–H and O–H groups in total. The molecule has 0 saturated heterocycles. The number of pyridine rings is 1. The maximum absolute atomic E-state index is 12.6. The summed E-state index contributed by atoms with van der Waals surface area (Å²) in [6, 6.07) is 3.07. The summed E-state index contributed by atoms with van der Waals surface area (Å²) in [5, 5.41) is 9.23. The van der Waals surface area contributed by atoms with Gasteiger partial charge in [0.05, 0.1) is 12.8 Å². The number of aliphatic hydroxyl groups is 1. The Hall–Kier alpha value is -0.960. The van der Waals surface area contributed by atoms with Crippen molar-refractivity contribution >= 4 is 0 Å². The van der Waals surface area contributed by atoms with E-state index in [0.717, 1.165) is 25.0 Å². The first kappa shape index (κ1) is 8.63. The molecule has 1 saturated carbocycles. The van der Waals surface area contributed by atoms with Crippen LogP contribution < -0.4 is 0 Å². The summed E-state index contributed by atoms with van der Waals surface area (Å²) in [6.45, 7) is 0.117. The summed E-state index contributed by atoms with van der Waals surface area (Å²) < 4.78 is 12.6. The lowest BCUT2D eigenvalue weighted by atomic mass is 9.67. The molecule has 0 amide bonds. The molecule has 0 radical (unpaired) electrons. The van der Waals surface area contributed by atoms with E-state index >= 15 is 0 Å². The smallest absolute Gasteiger partial charge is 0.141 e. The third-order valence-corrected chi connectivity index (χ3v) is 2.88. The van der Waals surface area contributed by atoms with Crippen LogP contribution in [0.25, 0.3) is 0 Å². The number of rotatable bonds is 2. The fourth-order valence-electron chi connectivity index (χ4n) is 1.79. The Kier molecular flexibility index (Phi) is 2.04. The minimum absolute atomic E-state index is 0.117. The molecule has 0 aromatic carbocycles. The fourth-order valence-corrected chi connectivity index (χ4v) is 1.79. The van der Waals surface area contributed by atoms with Crippen LogP contribution in [-0.2, 0) is 5.41 Å². The normalized spacial score (nSPS) is 19.5. The third kappa shape index (κ3) is 1.33. The molecule has 1 aliphatic rings. The van der Waals surface area contributed by atoms with E-state index in [0.29, 0.717) is 0 Å². The highest BCUT2D eigenvalue weighted by Gasteiger charge is 2.39. The van der Waals surface area contributed by atoms with Gasteiger partial charge in [-0.2, -0.15) is 0 Å². The molecule has 0 aliphatic heterocycles. The molecule has 2 nitrogen and oxygen atoms in total. The summed E-state index contributed by atoms with van der Waals surface area (Å²) in [5.74, 6) is -0.323. The van der Waals surface area contributed by atoms with Gasteiger partial charge in [-0.15, -0.1) is 0 Å². The Bertz CT molecular complexity index is 287. The molecule has 0 spiro atoms.